The third kappa shape index (κ3) is 10.7. The second-order valence-corrected chi connectivity index (χ2v) is 5.36. The summed E-state index contributed by atoms with van der Waals surface area (Å²) in [6.45, 7) is 7.63. The highest BCUT2D eigenvalue weighted by Gasteiger charge is 2.15. The number of ether oxygens (including phenoxy) is 2. The Morgan fingerprint density at radius 3 is 1.74 bits per heavy atom. The Bertz CT molecular complexity index is 301. The molecule has 0 fully saturated rings. The van der Waals surface area contributed by atoms with Gasteiger partial charge in [0, 0.05) is 17.6 Å². The number of carbonyl (C=O) groups excluding carboxylic acids is 2. The lowest BCUT2D eigenvalue weighted by atomic mass is 10.2. The molecule has 0 aliphatic rings. The van der Waals surface area contributed by atoms with Gasteiger partial charge in [0.25, 0.3) is 0 Å². The Kier molecular flexibility index (Phi) is 9.47. The number of esters is 2. The first-order valence-electron chi connectivity index (χ1n) is 6.32. The molecule has 0 N–H and O–H groups in total. The van der Waals surface area contributed by atoms with Gasteiger partial charge >= 0.3 is 11.9 Å². The molecule has 110 valence electrons. The number of aliphatic imine (C=N–C) groups is 1. The Morgan fingerprint density at radius 2 is 1.42 bits per heavy atom. The number of nitrogens with zero attached hydrogens (tertiary/aromatic N) is 1. The molecule has 0 heterocycles. The van der Waals surface area contributed by atoms with E-state index >= 15 is 0 Å². The molecule has 0 aromatic carbocycles. The van der Waals surface area contributed by atoms with Crippen LogP contribution in [0.1, 0.15) is 40.5 Å². The van der Waals surface area contributed by atoms with E-state index < -0.39 is 0 Å². The maximum absolute atomic E-state index is 11.6. The van der Waals surface area contributed by atoms with Crippen molar-refractivity contribution in [1.82, 2.24) is 0 Å². The molecule has 0 rings (SSSR count). The van der Waals surface area contributed by atoms with Crippen LogP contribution >= 0.6 is 15.9 Å². The second kappa shape index (κ2) is 9.95. The summed E-state index contributed by atoms with van der Waals surface area (Å²) in [5.41, 5.74) is 0.496. The van der Waals surface area contributed by atoms with Gasteiger partial charge in [-0.05, 0) is 27.7 Å². The van der Waals surface area contributed by atoms with Crippen LogP contribution in [0, 0.1) is 0 Å². The average Bonchev–Trinajstić information content (AvgIpc) is 2.23. The zero-order valence-corrected chi connectivity index (χ0v) is 13.5. The van der Waals surface area contributed by atoms with Crippen molar-refractivity contribution < 1.29 is 19.1 Å². The fourth-order valence-corrected chi connectivity index (χ4v) is 1.49. The minimum atomic E-state index is -0.374. The number of carbonyl (C=O) groups is 2. The van der Waals surface area contributed by atoms with Crippen molar-refractivity contribution in [3.63, 3.8) is 0 Å². The highest BCUT2D eigenvalue weighted by atomic mass is 79.9. The predicted molar refractivity (Wildman–Crippen MR) is 77.8 cm³/mol. The minimum Gasteiger partial charge on any atom is -0.463 e. The van der Waals surface area contributed by atoms with Crippen molar-refractivity contribution in [2.45, 2.75) is 52.7 Å². The van der Waals surface area contributed by atoms with E-state index in [9.17, 15) is 9.59 Å². The summed E-state index contributed by atoms with van der Waals surface area (Å²) < 4.78 is 10.1. The molecule has 19 heavy (non-hydrogen) atoms. The molecule has 0 aliphatic heterocycles. The Hall–Kier alpha value is -0.910. The molecule has 0 amide bonds. The zero-order chi connectivity index (χ0) is 14.8. The predicted octanol–water partition coefficient (Wildman–Crippen LogP) is 2.51. The van der Waals surface area contributed by atoms with Gasteiger partial charge in [-0.25, -0.2) is 0 Å². The summed E-state index contributed by atoms with van der Waals surface area (Å²) in [4.78, 5) is 27.3. The Labute approximate surface area is 122 Å². The molecule has 0 aromatic heterocycles. The van der Waals surface area contributed by atoms with Gasteiger partial charge < -0.3 is 9.47 Å². The monoisotopic (exact) mass is 335 g/mol. The van der Waals surface area contributed by atoms with Crippen molar-refractivity contribution in [3.05, 3.63) is 0 Å². The van der Waals surface area contributed by atoms with Gasteiger partial charge in [0.05, 0.1) is 25.0 Å². The van der Waals surface area contributed by atoms with Crippen molar-refractivity contribution in [1.29, 1.82) is 0 Å². The van der Waals surface area contributed by atoms with Crippen LogP contribution in [0.15, 0.2) is 4.99 Å². The van der Waals surface area contributed by atoms with E-state index in [1.54, 1.807) is 27.7 Å². The van der Waals surface area contributed by atoms with E-state index in [2.05, 4.69) is 20.9 Å². The minimum absolute atomic E-state index is 0.0262. The lowest BCUT2D eigenvalue weighted by Crippen LogP contribution is -2.20. The maximum Gasteiger partial charge on any atom is 0.311 e. The Balaban J connectivity index is 4.47. The van der Waals surface area contributed by atoms with Crippen LogP contribution in [0.3, 0.4) is 0 Å². The zero-order valence-electron chi connectivity index (χ0n) is 11.9. The smallest absolute Gasteiger partial charge is 0.311 e. The summed E-state index contributed by atoms with van der Waals surface area (Å²) >= 11 is 3.25. The second-order valence-electron chi connectivity index (χ2n) is 4.57. The SMILES string of the molecule is CC(C)OC(=O)CC(CC(=O)OC(C)C)=NCCBr. The van der Waals surface area contributed by atoms with E-state index in [-0.39, 0.29) is 37.0 Å². The molecule has 0 unspecified atom stereocenters. The van der Waals surface area contributed by atoms with Crippen molar-refractivity contribution in [2.24, 2.45) is 4.99 Å². The summed E-state index contributed by atoms with van der Waals surface area (Å²) in [5, 5.41) is 0.676. The van der Waals surface area contributed by atoms with Gasteiger partial charge in [-0.1, -0.05) is 15.9 Å². The van der Waals surface area contributed by atoms with Gasteiger partial charge in [0.1, 0.15) is 0 Å². The molecule has 0 saturated heterocycles. The molecule has 0 aliphatic carbocycles. The molecule has 0 aromatic rings. The molecule has 0 spiro atoms. The van der Waals surface area contributed by atoms with Crippen LogP contribution in [0.4, 0.5) is 0 Å². The van der Waals surface area contributed by atoms with Gasteiger partial charge in [-0.15, -0.1) is 0 Å². The Morgan fingerprint density at radius 1 is 1.00 bits per heavy atom. The van der Waals surface area contributed by atoms with Crippen LogP contribution in [-0.4, -0.2) is 41.7 Å². The number of halogens is 1. The highest BCUT2D eigenvalue weighted by molar-refractivity contribution is 9.09. The first kappa shape index (κ1) is 18.1. The third-order valence-corrected chi connectivity index (χ3v) is 2.21. The van der Waals surface area contributed by atoms with Crippen LogP contribution in [0.2, 0.25) is 0 Å². The maximum atomic E-state index is 11.6. The van der Waals surface area contributed by atoms with Gasteiger partial charge in [0.2, 0.25) is 0 Å². The average molecular weight is 336 g/mol. The molecular formula is C13H22BrNO4. The van der Waals surface area contributed by atoms with E-state index in [0.29, 0.717) is 17.6 Å². The molecule has 0 bridgehead atoms. The number of hydrogen-bond donors (Lipinski definition) is 0. The van der Waals surface area contributed by atoms with E-state index in [0.717, 1.165) is 0 Å². The quantitative estimate of drug-likeness (QED) is 0.388. The molecule has 0 saturated carbocycles. The van der Waals surface area contributed by atoms with E-state index in [1.807, 2.05) is 0 Å². The van der Waals surface area contributed by atoms with Crippen molar-refractivity contribution in [3.8, 4) is 0 Å². The largest absolute Gasteiger partial charge is 0.463 e. The highest BCUT2D eigenvalue weighted by Crippen LogP contribution is 2.03. The lowest BCUT2D eigenvalue weighted by molar-refractivity contribution is -0.146. The van der Waals surface area contributed by atoms with Gasteiger partial charge in [-0.3, -0.25) is 14.6 Å². The van der Waals surface area contributed by atoms with Crippen LogP contribution < -0.4 is 0 Å². The molecule has 0 radical (unpaired) electrons. The summed E-state index contributed by atoms with van der Waals surface area (Å²) in [7, 11) is 0. The third-order valence-electron chi connectivity index (χ3n) is 1.85. The van der Waals surface area contributed by atoms with E-state index in [4.69, 9.17) is 9.47 Å². The summed E-state index contributed by atoms with van der Waals surface area (Å²) in [5.74, 6) is -0.749. The standard InChI is InChI=1S/C13H22BrNO4/c1-9(2)18-12(16)7-11(15-6-5-14)8-13(17)19-10(3)4/h9-10H,5-8H2,1-4H3. The van der Waals surface area contributed by atoms with Crippen molar-refractivity contribution in [2.75, 3.05) is 11.9 Å². The topological polar surface area (TPSA) is 65.0 Å². The van der Waals surface area contributed by atoms with Crippen LogP contribution in [0.25, 0.3) is 0 Å². The van der Waals surface area contributed by atoms with Crippen LogP contribution in [0.5, 0.6) is 0 Å². The first-order valence-corrected chi connectivity index (χ1v) is 7.44. The first-order chi connectivity index (χ1) is 8.85. The molecular weight excluding hydrogens is 314 g/mol. The molecule has 5 nitrogen and oxygen atoms in total. The fourth-order valence-electron chi connectivity index (χ4n) is 1.32. The van der Waals surface area contributed by atoms with Crippen molar-refractivity contribution >= 4 is 33.6 Å². The molecule has 0 atom stereocenters. The van der Waals surface area contributed by atoms with Crippen LogP contribution in [-0.2, 0) is 19.1 Å². The normalized spacial score (nSPS) is 10.5. The van der Waals surface area contributed by atoms with Gasteiger partial charge in [0.15, 0.2) is 0 Å². The van der Waals surface area contributed by atoms with E-state index in [1.165, 1.54) is 0 Å². The molecule has 6 heteroatoms. The summed E-state index contributed by atoms with van der Waals surface area (Å²) in [6.07, 6.45) is -0.295. The number of rotatable bonds is 8. The number of hydrogen-bond acceptors (Lipinski definition) is 5. The lowest BCUT2D eigenvalue weighted by Gasteiger charge is -2.11. The summed E-state index contributed by atoms with van der Waals surface area (Å²) in [6, 6.07) is 0. The number of alkyl halides is 1. The fraction of sp³-hybridized carbons (Fsp3) is 0.769. The van der Waals surface area contributed by atoms with Gasteiger partial charge in [-0.2, -0.15) is 0 Å².